The van der Waals surface area contributed by atoms with Gasteiger partial charge in [-0.15, -0.1) is 0 Å². The molecule has 1 saturated heterocycles. The van der Waals surface area contributed by atoms with E-state index in [-0.39, 0.29) is 10.8 Å². The van der Waals surface area contributed by atoms with Crippen LogP contribution in [0.15, 0.2) is 18.2 Å². The molecule has 8 heteroatoms. The third-order valence-corrected chi connectivity index (χ3v) is 3.52. The summed E-state index contributed by atoms with van der Waals surface area (Å²) in [5.74, 6) is 0.195. The average Bonchev–Trinajstić information content (AvgIpc) is 2.42. The first-order valence-electron chi connectivity index (χ1n) is 5.86. The molecule has 0 aliphatic carbocycles. The molecule has 1 aliphatic heterocycles. The highest BCUT2D eigenvalue weighted by atomic mass is 35.5. The van der Waals surface area contributed by atoms with E-state index in [1.807, 2.05) is 0 Å². The highest BCUT2D eigenvalue weighted by molar-refractivity contribution is 6.35. The van der Waals surface area contributed by atoms with E-state index in [0.29, 0.717) is 5.02 Å². The zero-order chi connectivity index (χ0) is 14.9. The van der Waals surface area contributed by atoms with E-state index in [0.717, 1.165) is 0 Å². The van der Waals surface area contributed by atoms with Gasteiger partial charge in [0.1, 0.15) is 30.2 Å². The molecule has 0 spiro atoms. The Bertz CT molecular complexity index is 469. The molecule has 1 aromatic rings. The van der Waals surface area contributed by atoms with Gasteiger partial charge in [-0.3, -0.25) is 0 Å². The molecule has 1 aromatic carbocycles. The highest BCUT2D eigenvalue weighted by Gasteiger charge is 2.44. The molecule has 0 aromatic heterocycles. The molecule has 112 valence electrons. The van der Waals surface area contributed by atoms with Crippen molar-refractivity contribution in [3.63, 3.8) is 0 Å². The lowest BCUT2D eigenvalue weighted by Crippen LogP contribution is -2.60. The van der Waals surface area contributed by atoms with Crippen LogP contribution in [0, 0.1) is 0 Å². The SMILES string of the molecule is OC[C@H]1O[C@@H](Oc2ccc(Cl)cc2Cl)[C@H](O)[C@@H](O)[C@@H]1O. The third kappa shape index (κ3) is 3.17. The normalized spacial score (nSPS) is 34.0. The summed E-state index contributed by atoms with van der Waals surface area (Å²) >= 11 is 11.7. The van der Waals surface area contributed by atoms with Gasteiger partial charge in [0.15, 0.2) is 0 Å². The van der Waals surface area contributed by atoms with Crippen molar-refractivity contribution in [2.75, 3.05) is 6.61 Å². The fourth-order valence-electron chi connectivity index (χ4n) is 1.86. The fraction of sp³-hybridized carbons (Fsp3) is 0.500. The summed E-state index contributed by atoms with van der Waals surface area (Å²) in [6.07, 6.45) is -6.74. The minimum atomic E-state index is -1.50. The molecule has 6 nitrogen and oxygen atoms in total. The van der Waals surface area contributed by atoms with Crippen LogP contribution in [0.1, 0.15) is 0 Å². The van der Waals surface area contributed by atoms with Crippen molar-refractivity contribution in [2.24, 2.45) is 0 Å². The maximum Gasteiger partial charge on any atom is 0.229 e. The first kappa shape index (κ1) is 15.8. The van der Waals surface area contributed by atoms with Crippen LogP contribution in [0.25, 0.3) is 0 Å². The maximum absolute atomic E-state index is 9.82. The summed E-state index contributed by atoms with van der Waals surface area (Å²) in [7, 11) is 0. The minimum absolute atomic E-state index is 0.195. The van der Waals surface area contributed by atoms with Gasteiger partial charge in [-0.2, -0.15) is 0 Å². The summed E-state index contributed by atoms with van der Waals surface area (Å²) in [6.45, 7) is -0.529. The van der Waals surface area contributed by atoms with Crippen LogP contribution in [0.2, 0.25) is 10.0 Å². The molecule has 0 radical (unpaired) electrons. The van der Waals surface area contributed by atoms with Gasteiger partial charge in [-0.1, -0.05) is 23.2 Å². The monoisotopic (exact) mass is 324 g/mol. The Morgan fingerprint density at radius 3 is 2.40 bits per heavy atom. The number of hydrogen-bond donors (Lipinski definition) is 4. The number of rotatable bonds is 3. The molecular weight excluding hydrogens is 311 g/mol. The van der Waals surface area contributed by atoms with Crippen LogP contribution in [-0.4, -0.2) is 57.7 Å². The zero-order valence-electron chi connectivity index (χ0n) is 10.2. The lowest BCUT2D eigenvalue weighted by Gasteiger charge is -2.39. The second-order valence-electron chi connectivity index (χ2n) is 4.39. The Balaban J connectivity index is 2.15. The summed E-state index contributed by atoms with van der Waals surface area (Å²) in [4.78, 5) is 0. The van der Waals surface area contributed by atoms with E-state index in [4.69, 9.17) is 37.8 Å². The van der Waals surface area contributed by atoms with Crippen LogP contribution in [-0.2, 0) is 4.74 Å². The van der Waals surface area contributed by atoms with Gasteiger partial charge in [-0.05, 0) is 18.2 Å². The molecule has 2 rings (SSSR count). The number of hydrogen-bond acceptors (Lipinski definition) is 6. The van der Waals surface area contributed by atoms with Gasteiger partial charge < -0.3 is 29.9 Å². The van der Waals surface area contributed by atoms with Gasteiger partial charge in [0.25, 0.3) is 0 Å². The van der Waals surface area contributed by atoms with E-state index < -0.39 is 37.3 Å². The van der Waals surface area contributed by atoms with E-state index in [1.165, 1.54) is 18.2 Å². The highest BCUT2D eigenvalue weighted by Crippen LogP contribution is 2.31. The topological polar surface area (TPSA) is 99.4 Å². The Labute approximate surface area is 125 Å². The molecule has 1 aliphatic rings. The number of benzene rings is 1. The molecule has 0 bridgehead atoms. The van der Waals surface area contributed by atoms with Gasteiger partial charge in [0.05, 0.1) is 11.6 Å². The molecule has 20 heavy (non-hydrogen) atoms. The van der Waals surface area contributed by atoms with Crippen molar-refractivity contribution in [1.82, 2.24) is 0 Å². The Hall–Kier alpha value is -0.600. The molecular formula is C12H14Cl2O6. The average molecular weight is 325 g/mol. The number of aliphatic hydroxyl groups is 4. The van der Waals surface area contributed by atoms with Crippen LogP contribution in [0.4, 0.5) is 0 Å². The Morgan fingerprint density at radius 2 is 1.80 bits per heavy atom. The van der Waals surface area contributed by atoms with Gasteiger partial charge in [-0.25, -0.2) is 0 Å². The van der Waals surface area contributed by atoms with E-state index >= 15 is 0 Å². The molecule has 5 atom stereocenters. The lowest BCUT2D eigenvalue weighted by atomic mass is 9.99. The predicted molar refractivity (Wildman–Crippen MR) is 70.9 cm³/mol. The number of aliphatic hydroxyl groups excluding tert-OH is 4. The number of halogens is 2. The smallest absolute Gasteiger partial charge is 0.229 e. The number of ether oxygens (including phenoxy) is 2. The molecule has 4 N–H and O–H groups in total. The second kappa shape index (κ2) is 6.44. The van der Waals surface area contributed by atoms with Crippen molar-refractivity contribution in [3.8, 4) is 5.75 Å². The van der Waals surface area contributed by atoms with Gasteiger partial charge in [0, 0.05) is 5.02 Å². The van der Waals surface area contributed by atoms with Crippen molar-refractivity contribution >= 4 is 23.2 Å². The second-order valence-corrected chi connectivity index (χ2v) is 5.23. The molecule has 0 amide bonds. The summed E-state index contributed by atoms with van der Waals surface area (Å²) in [6, 6.07) is 4.46. The fourth-order valence-corrected chi connectivity index (χ4v) is 2.31. The Morgan fingerprint density at radius 1 is 1.10 bits per heavy atom. The first-order chi connectivity index (χ1) is 9.43. The first-order valence-corrected chi connectivity index (χ1v) is 6.62. The van der Waals surface area contributed by atoms with E-state index in [2.05, 4.69) is 0 Å². The quantitative estimate of drug-likeness (QED) is 0.632. The van der Waals surface area contributed by atoms with Crippen LogP contribution in [0.3, 0.4) is 0 Å². The van der Waals surface area contributed by atoms with Crippen molar-refractivity contribution in [1.29, 1.82) is 0 Å². The van der Waals surface area contributed by atoms with E-state index in [1.54, 1.807) is 0 Å². The molecule has 1 heterocycles. The summed E-state index contributed by atoms with van der Waals surface area (Å²) < 4.78 is 10.6. The zero-order valence-corrected chi connectivity index (χ0v) is 11.7. The molecule has 0 unspecified atom stereocenters. The van der Waals surface area contributed by atoms with Gasteiger partial charge >= 0.3 is 0 Å². The third-order valence-electron chi connectivity index (χ3n) is 2.99. The van der Waals surface area contributed by atoms with Gasteiger partial charge in [0.2, 0.25) is 6.29 Å². The van der Waals surface area contributed by atoms with Crippen LogP contribution < -0.4 is 4.74 Å². The standard InChI is InChI=1S/C12H14Cl2O6/c13-5-1-2-7(6(14)3-5)19-12-11(18)10(17)9(16)8(4-15)20-12/h1-3,8-12,15-18H,4H2/t8-,9-,10+,11-,12-/m1/s1. The lowest BCUT2D eigenvalue weighted by molar-refractivity contribution is -0.277. The van der Waals surface area contributed by atoms with E-state index in [9.17, 15) is 15.3 Å². The Kier molecular flexibility index (Phi) is 5.09. The minimum Gasteiger partial charge on any atom is -0.460 e. The predicted octanol–water partition coefficient (Wildman–Crippen LogP) is 0.172. The largest absolute Gasteiger partial charge is 0.460 e. The van der Waals surface area contributed by atoms with Crippen molar-refractivity contribution in [2.45, 2.75) is 30.7 Å². The van der Waals surface area contributed by atoms with Crippen molar-refractivity contribution in [3.05, 3.63) is 28.2 Å². The van der Waals surface area contributed by atoms with Crippen molar-refractivity contribution < 1.29 is 29.9 Å². The molecule has 0 saturated carbocycles. The maximum atomic E-state index is 9.82. The summed E-state index contributed by atoms with van der Waals surface area (Å²) in [5.41, 5.74) is 0. The summed E-state index contributed by atoms with van der Waals surface area (Å²) in [5, 5.41) is 38.8. The van der Waals surface area contributed by atoms with Crippen LogP contribution in [0.5, 0.6) is 5.75 Å². The molecule has 1 fully saturated rings. The van der Waals surface area contributed by atoms with Crippen LogP contribution >= 0.6 is 23.2 Å².